The fourth-order valence-electron chi connectivity index (χ4n) is 1.54. The molecule has 2 aromatic rings. The van der Waals surface area contributed by atoms with Crippen LogP contribution in [0.2, 0.25) is 0 Å². The van der Waals surface area contributed by atoms with E-state index < -0.39 is 0 Å². The van der Waals surface area contributed by atoms with Crippen molar-refractivity contribution in [1.82, 2.24) is 0 Å². The Morgan fingerprint density at radius 3 is 2.77 bits per heavy atom. The maximum Gasteiger partial charge on any atom is 0.0119 e. The molecule has 1 heteroatoms. The molecule has 0 nitrogen and oxygen atoms in total. The maximum atomic E-state index is 4.41. The van der Waals surface area contributed by atoms with Gasteiger partial charge in [-0.2, -0.15) is 0 Å². The largest absolute Gasteiger partial charge is 0.143 e. The summed E-state index contributed by atoms with van der Waals surface area (Å²) in [7, 11) is 0. The van der Waals surface area contributed by atoms with Crippen LogP contribution in [-0.2, 0) is 6.42 Å². The van der Waals surface area contributed by atoms with Crippen molar-refractivity contribution >= 4 is 23.4 Å². The van der Waals surface area contributed by atoms with Gasteiger partial charge in [0.25, 0.3) is 0 Å². The molecule has 0 aromatic heterocycles. The fourth-order valence-corrected chi connectivity index (χ4v) is 1.83. The summed E-state index contributed by atoms with van der Waals surface area (Å²) in [4.78, 5) is 1.06. The second-order valence-electron chi connectivity index (χ2n) is 3.19. The highest BCUT2D eigenvalue weighted by Crippen LogP contribution is 2.22. The predicted molar refractivity (Wildman–Crippen MR) is 60.6 cm³/mol. The second kappa shape index (κ2) is 3.43. The van der Waals surface area contributed by atoms with Crippen LogP contribution in [0, 0.1) is 0 Å². The predicted octanol–water partition coefficient (Wildman–Crippen LogP) is 3.69. The van der Waals surface area contributed by atoms with Crippen LogP contribution in [0.5, 0.6) is 0 Å². The minimum Gasteiger partial charge on any atom is -0.143 e. The molecule has 0 atom stereocenters. The molecule has 0 N–H and O–H groups in total. The number of rotatable bonds is 1. The number of fused-ring (bicyclic) bond motifs is 1. The van der Waals surface area contributed by atoms with E-state index in [2.05, 4.69) is 43.8 Å². The molecule has 0 amide bonds. The molecule has 2 aromatic carbocycles. The lowest BCUT2D eigenvalue weighted by molar-refractivity contribution is 1.15. The van der Waals surface area contributed by atoms with Gasteiger partial charge in [-0.1, -0.05) is 37.3 Å². The summed E-state index contributed by atoms with van der Waals surface area (Å²) in [6, 6.07) is 12.8. The Labute approximate surface area is 84.0 Å². The van der Waals surface area contributed by atoms with Crippen LogP contribution in [0.3, 0.4) is 0 Å². The normalized spacial score (nSPS) is 10.6. The summed E-state index contributed by atoms with van der Waals surface area (Å²) in [5.74, 6) is 0. The molecule has 0 aliphatic rings. The van der Waals surface area contributed by atoms with E-state index in [9.17, 15) is 0 Å². The summed E-state index contributed by atoms with van der Waals surface area (Å²) < 4.78 is 0. The van der Waals surface area contributed by atoms with Gasteiger partial charge in [-0.25, -0.2) is 0 Å². The van der Waals surface area contributed by atoms with E-state index in [4.69, 9.17) is 0 Å². The Morgan fingerprint density at radius 1 is 1.15 bits per heavy atom. The Morgan fingerprint density at radius 2 is 2.00 bits per heavy atom. The third kappa shape index (κ3) is 1.56. The number of aryl methyl sites for hydroxylation is 1. The zero-order valence-electron chi connectivity index (χ0n) is 7.62. The van der Waals surface area contributed by atoms with E-state index >= 15 is 0 Å². The lowest BCUT2D eigenvalue weighted by atomic mass is 10.1. The molecule has 0 fully saturated rings. The fraction of sp³-hybridized carbons (Fsp3) is 0.167. The second-order valence-corrected chi connectivity index (χ2v) is 3.67. The van der Waals surface area contributed by atoms with Crippen molar-refractivity contribution in [3.8, 4) is 0 Å². The van der Waals surface area contributed by atoms with Crippen molar-refractivity contribution in [3.05, 3.63) is 42.0 Å². The van der Waals surface area contributed by atoms with Gasteiger partial charge < -0.3 is 0 Å². The molecule has 0 saturated heterocycles. The molecule has 0 radical (unpaired) electrons. The summed E-state index contributed by atoms with van der Waals surface area (Å²) >= 11 is 4.41. The molecule has 0 aliphatic carbocycles. The van der Waals surface area contributed by atoms with E-state index in [1.807, 2.05) is 12.1 Å². The van der Waals surface area contributed by atoms with Crippen molar-refractivity contribution in [3.63, 3.8) is 0 Å². The first-order valence-corrected chi connectivity index (χ1v) is 4.96. The zero-order valence-corrected chi connectivity index (χ0v) is 8.51. The van der Waals surface area contributed by atoms with Crippen LogP contribution in [0.1, 0.15) is 12.5 Å². The molecule has 2 rings (SSSR count). The topological polar surface area (TPSA) is 0 Å². The quantitative estimate of drug-likeness (QED) is 0.648. The van der Waals surface area contributed by atoms with Gasteiger partial charge in [0.15, 0.2) is 0 Å². The minimum atomic E-state index is 1.06. The molecule has 0 bridgehead atoms. The van der Waals surface area contributed by atoms with Crippen LogP contribution in [0.25, 0.3) is 10.8 Å². The van der Waals surface area contributed by atoms with Gasteiger partial charge in [0.2, 0.25) is 0 Å². The molecule has 13 heavy (non-hydrogen) atoms. The van der Waals surface area contributed by atoms with Crippen molar-refractivity contribution < 1.29 is 0 Å². The molecule has 0 spiro atoms. The summed E-state index contributed by atoms with van der Waals surface area (Å²) in [6.07, 6.45) is 1.09. The Bertz CT molecular complexity index is 432. The zero-order chi connectivity index (χ0) is 9.26. The van der Waals surface area contributed by atoms with Gasteiger partial charge in [0, 0.05) is 4.90 Å². The summed E-state index contributed by atoms with van der Waals surface area (Å²) in [5, 5.41) is 2.52. The first kappa shape index (κ1) is 8.64. The lowest BCUT2D eigenvalue weighted by Crippen LogP contribution is -1.80. The van der Waals surface area contributed by atoms with Gasteiger partial charge in [-0.15, -0.1) is 12.6 Å². The van der Waals surface area contributed by atoms with Gasteiger partial charge >= 0.3 is 0 Å². The first-order valence-electron chi connectivity index (χ1n) is 4.52. The van der Waals surface area contributed by atoms with E-state index in [0.717, 1.165) is 11.3 Å². The highest BCUT2D eigenvalue weighted by Gasteiger charge is 1.97. The van der Waals surface area contributed by atoms with E-state index in [-0.39, 0.29) is 0 Å². The summed E-state index contributed by atoms with van der Waals surface area (Å²) in [5.41, 5.74) is 1.38. The Balaban J connectivity index is 2.72. The Hall–Kier alpha value is -0.950. The smallest absolute Gasteiger partial charge is 0.0119 e. The molecular weight excluding hydrogens is 176 g/mol. The molecule has 0 heterocycles. The van der Waals surface area contributed by atoms with E-state index in [1.165, 1.54) is 16.3 Å². The van der Waals surface area contributed by atoms with Crippen LogP contribution in [0.15, 0.2) is 41.3 Å². The van der Waals surface area contributed by atoms with Crippen LogP contribution in [-0.4, -0.2) is 0 Å². The number of hydrogen-bond donors (Lipinski definition) is 1. The Kier molecular flexibility index (Phi) is 2.28. The van der Waals surface area contributed by atoms with Gasteiger partial charge in [-0.3, -0.25) is 0 Å². The van der Waals surface area contributed by atoms with Gasteiger partial charge in [0.1, 0.15) is 0 Å². The molecule has 66 valence electrons. The molecule has 0 aliphatic heterocycles. The molecule has 0 unspecified atom stereocenters. The van der Waals surface area contributed by atoms with Crippen molar-refractivity contribution in [2.45, 2.75) is 18.2 Å². The monoisotopic (exact) mass is 188 g/mol. The number of hydrogen-bond acceptors (Lipinski definition) is 1. The van der Waals surface area contributed by atoms with Gasteiger partial charge in [0.05, 0.1) is 0 Å². The van der Waals surface area contributed by atoms with E-state index in [0.29, 0.717) is 0 Å². The van der Waals surface area contributed by atoms with Crippen molar-refractivity contribution in [1.29, 1.82) is 0 Å². The average molecular weight is 188 g/mol. The minimum absolute atomic E-state index is 1.06. The van der Waals surface area contributed by atoms with Gasteiger partial charge in [-0.05, 0) is 28.8 Å². The first-order chi connectivity index (χ1) is 6.31. The van der Waals surface area contributed by atoms with E-state index in [1.54, 1.807) is 0 Å². The number of benzene rings is 2. The number of thiol groups is 1. The third-order valence-corrected chi connectivity index (χ3v) is 2.72. The standard InChI is InChI=1S/C12H12S/c1-2-9-6-7-11-10(8-9)4-3-5-12(11)13/h3-8,13H,2H2,1H3. The van der Waals surface area contributed by atoms with Crippen LogP contribution >= 0.6 is 12.6 Å². The summed E-state index contributed by atoms with van der Waals surface area (Å²) in [6.45, 7) is 2.17. The third-order valence-electron chi connectivity index (χ3n) is 2.33. The van der Waals surface area contributed by atoms with Crippen molar-refractivity contribution in [2.24, 2.45) is 0 Å². The maximum absolute atomic E-state index is 4.41. The van der Waals surface area contributed by atoms with Crippen LogP contribution < -0.4 is 0 Å². The molecular formula is C12H12S. The van der Waals surface area contributed by atoms with Crippen molar-refractivity contribution in [2.75, 3.05) is 0 Å². The lowest BCUT2D eigenvalue weighted by Gasteiger charge is -2.02. The molecule has 0 saturated carbocycles. The average Bonchev–Trinajstić information content (AvgIpc) is 2.18. The van der Waals surface area contributed by atoms with Crippen LogP contribution in [0.4, 0.5) is 0 Å². The SMILES string of the molecule is CCc1ccc2c(S)cccc2c1. The highest BCUT2D eigenvalue weighted by molar-refractivity contribution is 7.80. The highest BCUT2D eigenvalue weighted by atomic mass is 32.1.